The maximum Gasteiger partial charge on any atom is 0.280 e. The maximum atomic E-state index is 14.7. The average molecular weight is 313 g/mol. The van der Waals surface area contributed by atoms with E-state index in [9.17, 15) is 19.4 Å². The SMILES string of the molecule is C=C[C@](CO)(OC)[C@@H](O)[C@@H](F)n1cnc2c(=O)[nH]c(N)nc21. The first-order valence-corrected chi connectivity index (χ1v) is 6.24. The van der Waals surface area contributed by atoms with Crippen molar-refractivity contribution in [3.63, 3.8) is 0 Å². The van der Waals surface area contributed by atoms with Gasteiger partial charge in [-0.05, 0) is 0 Å². The van der Waals surface area contributed by atoms with Crippen LogP contribution in [-0.2, 0) is 4.74 Å². The van der Waals surface area contributed by atoms with Gasteiger partial charge in [0.1, 0.15) is 11.7 Å². The van der Waals surface area contributed by atoms with Crippen molar-refractivity contribution < 1.29 is 19.3 Å². The summed E-state index contributed by atoms with van der Waals surface area (Å²) in [5.74, 6) is -0.218. The number of anilines is 1. The van der Waals surface area contributed by atoms with Crippen LogP contribution in [0.5, 0.6) is 0 Å². The molecule has 2 heterocycles. The van der Waals surface area contributed by atoms with Gasteiger partial charge in [0.15, 0.2) is 11.2 Å². The lowest BCUT2D eigenvalue weighted by Gasteiger charge is -2.33. The van der Waals surface area contributed by atoms with Crippen LogP contribution in [0.4, 0.5) is 10.3 Å². The van der Waals surface area contributed by atoms with E-state index in [1.54, 1.807) is 0 Å². The molecule has 0 radical (unpaired) electrons. The van der Waals surface area contributed by atoms with E-state index >= 15 is 0 Å². The van der Waals surface area contributed by atoms with E-state index in [-0.39, 0.29) is 17.1 Å². The number of hydrogen-bond acceptors (Lipinski definition) is 7. The minimum atomic E-state index is -2.11. The molecule has 0 unspecified atom stereocenters. The highest BCUT2D eigenvalue weighted by atomic mass is 19.1. The van der Waals surface area contributed by atoms with E-state index in [1.807, 2.05) is 0 Å². The number of aliphatic hydroxyl groups is 2. The van der Waals surface area contributed by atoms with Crippen molar-refractivity contribution in [1.82, 2.24) is 19.5 Å². The van der Waals surface area contributed by atoms with Crippen LogP contribution in [0.2, 0.25) is 0 Å². The number of methoxy groups -OCH3 is 1. The molecule has 0 amide bonds. The lowest BCUT2D eigenvalue weighted by molar-refractivity contribution is -0.135. The molecular formula is C12H16FN5O4. The van der Waals surface area contributed by atoms with E-state index in [2.05, 4.69) is 21.5 Å². The first kappa shape index (κ1) is 16.1. The van der Waals surface area contributed by atoms with E-state index < -0.39 is 30.2 Å². The summed E-state index contributed by atoms with van der Waals surface area (Å²) >= 11 is 0. The van der Waals surface area contributed by atoms with E-state index in [0.717, 1.165) is 17.0 Å². The van der Waals surface area contributed by atoms with Gasteiger partial charge in [-0.15, -0.1) is 6.58 Å². The zero-order valence-corrected chi connectivity index (χ0v) is 11.7. The summed E-state index contributed by atoms with van der Waals surface area (Å²) in [6.45, 7) is 2.73. The summed E-state index contributed by atoms with van der Waals surface area (Å²) in [6.07, 6.45) is -1.83. The Hall–Kier alpha value is -2.30. The zero-order valence-electron chi connectivity index (χ0n) is 11.7. The van der Waals surface area contributed by atoms with Crippen LogP contribution in [0, 0.1) is 0 Å². The van der Waals surface area contributed by atoms with Crippen molar-refractivity contribution in [3.05, 3.63) is 29.3 Å². The highest BCUT2D eigenvalue weighted by Gasteiger charge is 2.41. The number of ether oxygens (including phenoxy) is 1. The molecule has 0 aliphatic heterocycles. The largest absolute Gasteiger partial charge is 0.393 e. The lowest BCUT2D eigenvalue weighted by atomic mass is 9.96. The first-order chi connectivity index (χ1) is 10.4. The second-order valence-electron chi connectivity index (χ2n) is 4.61. The number of aromatic nitrogens is 4. The molecule has 9 nitrogen and oxygen atoms in total. The number of imidazole rings is 1. The lowest BCUT2D eigenvalue weighted by Crippen LogP contribution is -2.49. The van der Waals surface area contributed by atoms with Gasteiger partial charge in [-0.2, -0.15) is 4.98 Å². The molecule has 0 aliphatic rings. The number of aromatic amines is 1. The number of hydrogen-bond donors (Lipinski definition) is 4. The number of nitrogens with one attached hydrogen (secondary N) is 1. The summed E-state index contributed by atoms with van der Waals surface area (Å²) in [5.41, 5.74) is 2.80. The molecule has 0 bridgehead atoms. The molecule has 2 aromatic rings. The van der Waals surface area contributed by atoms with Gasteiger partial charge in [-0.1, -0.05) is 6.08 Å². The van der Waals surface area contributed by atoms with Gasteiger partial charge in [0.05, 0.1) is 12.9 Å². The third kappa shape index (κ3) is 2.36. The van der Waals surface area contributed by atoms with E-state index in [1.165, 1.54) is 7.11 Å². The van der Waals surface area contributed by atoms with Crippen molar-refractivity contribution in [3.8, 4) is 0 Å². The highest BCUT2D eigenvalue weighted by Crippen LogP contribution is 2.28. The molecule has 0 aliphatic carbocycles. The first-order valence-electron chi connectivity index (χ1n) is 6.24. The van der Waals surface area contributed by atoms with E-state index in [0.29, 0.717) is 0 Å². The predicted molar refractivity (Wildman–Crippen MR) is 75.7 cm³/mol. The normalized spacial score (nSPS) is 17.1. The minimum Gasteiger partial charge on any atom is -0.393 e. The number of H-pyrrole nitrogens is 1. The zero-order chi connectivity index (χ0) is 16.5. The van der Waals surface area contributed by atoms with Crippen LogP contribution in [0.15, 0.2) is 23.8 Å². The summed E-state index contributed by atoms with van der Waals surface area (Å²) in [4.78, 5) is 21.4. The molecule has 2 rings (SSSR count). The molecule has 22 heavy (non-hydrogen) atoms. The molecule has 10 heteroatoms. The second-order valence-corrected chi connectivity index (χ2v) is 4.61. The van der Waals surface area contributed by atoms with Crippen LogP contribution in [0.3, 0.4) is 0 Å². The van der Waals surface area contributed by atoms with Crippen molar-refractivity contribution in [2.75, 3.05) is 19.5 Å². The van der Waals surface area contributed by atoms with Crippen molar-refractivity contribution in [1.29, 1.82) is 0 Å². The summed E-state index contributed by atoms with van der Waals surface area (Å²) in [6, 6.07) is 0. The summed E-state index contributed by atoms with van der Waals surface area (Å²) in [7, 11) is 1.20. The molecule has 5 N–H and O–H groups in total. The highest BCUT2D eigenvalue weighted by molar-refractivity contribution is 5.70. The Morgan fingerprint density at radius 2 is 2.41 bits per heavy atom. The molecule has 0 saturated carbocycles. The Balaban J connectivity index is 2.52. The van der Waals surface area contributed by atoms with Crippen molar-refractivity contribution in [2.45, 2.75) is 18.0 Å². The molecule has 0 spiro atoms. The van der Waals surface area contributed by atoms with Gasteiger partial charge < -0.3 is 20.7 Å². The van der Waals surface area contributed by atoms with Crippen LogP contribution in [0.25, 0.3) is 11.2 Å². The minimum absolute atomic E-state index is 0.130. The van der Waals surface area contributed by atoms with Crippen molar-refractivity contribution >= 4 is 17.1 Å². The Bertz CT molecular complexity index is 739. The smallest absolute Gasteiger partial charge is 0.280 e. The monoisotopic (exact) mass is 313 g/mol. The van der Waals surface area contributed by atoms with Crippen LogP contribution >= 0.6 is 0 Å². The molecule has 3 atom stereocenters. The van der Waals surface area contributed by atoms with Crippen LogP contribution < -0.4 is 11.3 Å². The third-order valence-electron chi connectivity index (χ3n) is 3.45. The molecule has 0 aromatic carbocycles. The Labute approximate surface area is 123 Å². The third-order valence-corrected chi connectivity index (χ3v) is 3.45. The van der Waals surface area contributed by atoms with E-state index in [4.69, 9.17) is 10.5 Å². The quantitative estimate of drug-likeness (QED) is 0.506. The predicted octanol–water partition coefficient (Wildman–Crippen LogP) is -0.906. The van der Waals surface area contributed by atoms with Gasteiger partial charge in [-0.3, -0.25) is 14.3 Å². The number of alkyl halides is 1. The van der Waals surface area contributed by atoms with Gasteiger partial charge in [-0.25, -0.2) is 9.37 Å². The Kier molecular flexibility index (Phi) is 4.26. The fourth-order valence-corrected chi connectivity index (χ4v) is 2.06. The number of halogens is 1. The second kappa shape index (κ2) is 5.83. The van der Waals surface area contributed by atoms with Crippen LogP contribution in [0.1, 0.15) is 6.30 Å². The van der Waals surface area contributed by atoms with Gasteiger partial charge in [0.2, 0.25) is 12.2 Å². The molecule has 120 valence electrons. The molecular weight excluding hydrogens is 297 g/mol. The number of fused-ring (bicyclic) bond motifs is 1. The molecule has 2 aromatic heterocycles. The topological polar surface area (TPSA) is 139 Å². The fourth-order valence-electron chi connectivity index (χ4n) is 2.06. The standard InChI is InChI=1S/C12H16FN5O4/c1-3-12(4-19,22-2)7(20)8(13)18-5-15-6-9(18)16-11(14)17-10(6)21/h3,5,7-8,19-20H,1,4H2,2H3,(H3,14,16,17,21)/t7-,8-,12+/m0/s1. The Morgan fingerprint density at radius 3 is 2.95 bits per heavy atom. The Morgan fingerprint density at radius 1 is 1.73 bits per heavy atom. The van der Waals surface area contributed by atoms with Gasteiger partial charge in [0, 0.05) is 7.11 Å². The number of nitrogen functional groups attached to an aromatic ring is 1. The molecule has 0 saturated heterocycles. The van der Waals surface area contributed by atoms with Gasteiger partial charge in [0.25, 0.3) is 5.56 Å². The van der Waals surface area contributed by atoms with Gasteiger partial charge >= 0.3 is 0 Å². The number of aliphatic hydroxyl groups excluding tert-OH is 2. The molecule has 0 fully saturated rings. The maximum absolute atomic E-state index is 14.7. The summed E-state index contributed by atoms with van der Waals surface area (Å²) in [5, 5.41) is 19.5. The van der Waals surface area contributed by atoms with Crippen molar-refractivity contribution in [2.24, 2.45) is 0 Å². The summed E-state index contributed by atoms with van der Waals surface area (Å²) < 4.78 is 20.5. The number of rotatable bonds is 6. The average Bonchev–Trinajstić information content (AvgIpc) is 2.92. The fraction of sp³-hybridized carbons (Fsp3) is 0.417. The number of nitrogens with zero attached hydrogens (tertiary/aromatic N) is 3. The number of nitrogens with two attached hydrogens (primary N) is 1. The van der Waals surface area contributed by atoms with Crippen LogP contribution in [-0.4, -0.2) is 55.2 Å².